The lowest BCUT2D eigenvalue weighted by atomic mass is 10.1. The van der Waals surface area contributed by atoms with Crippen molar-refractivity contribution in [3.05, 3.63) is 63.6 Å². The lowest BCUT2D eigenvalue weighted by Crippen LogP contribution is -2.25. The van der Waals surface area contributed by atoms with Gasteiger partial charge in [0.2, 0.25) is 0 Å². The van der Waals surface area contributed by atoms with Gasteiger partial charge in [-0.25, -0.2) is 0 Å². The highest BCUT2D eigenvalue weighted by Gasteiger charge is 2.09. The topological polar surface area (TPSA) is 38.3 Å². The summed E-state index contributed by atoms with van der Waals surface area (Å²) in [6.45, 7) is 3.22. The minimum Gasteiger partial charge on any atom is -0.494 e. The van der Waals surface area contributed by atoms with E-state index < -0.39 is 0 Å². The quantitative estimate of drug-likeness (QED) is 0.730. The highest BCUT2D eigenvalue weighted by molar-refractivity contribution is 6.36. The van der Waals surface area contributed by atoms with E-state index in [9.17, 15) is 4.79 Å². The van der Waals surface area contributed by atoms with E-state index >= 15 is 0 Å². The van der Waals surface area contributed by atoms with E-state index in [0.717, 1.165) is 18.6 Å². The van der Waals surface area contributed by atoms with Gasteiger partial charge in [0, 0.05) is 11.6 Å². The first-order chi connectivity index (χ1) is 11.1. The molecule has 0 unspecified atom stereocenters. The molecule has 0 saturated carbocycles. The average Bonchev–Trinajstić information content (AvgIpc) is 2.53. The molecule has 0 saturated heterocycles. The molecule has 2 aromatic rings. The van der Waals surface area contributed by atoms with Crippen molar-refractivity contribution < 1.29 is 9.53 Å². The first kappa shape index (κ1) is 17.6. The van der Waals surface area contributed by atoms with Gasteiger partial charge in [-0.15, -0.1) is 0 Å². The Hall–Kier alpha value is -1.71. The Morgan fingerprint density at radius 2 is 1.87 bits per heavy atom. The summed E-state index contributed by atoms with van der Waals surface area (Å²) < 4.78 is 5.41. The summed E-state index contributed by atoms with van der Waals surface area (Å²) in [5.74, 6) is 0.695. The molecule has 0 radical (unpaired) electrons. The van der Waals surface area contributed by atoms with Crippen LogP contribution >= 0.6 is 23.2 Å². The Labute approximate surface area is 146 Å². The van der Waals surface area contributed by atoms with E-state index in [4.69, 9.17) is 27.9 Å². The third-order valence-corrected chi connectivity index (χ3v) is 3.89. The molecule has 2 aromatic carbocycles. The number of amides is 1. The van der Waals surface area contributed by atoms with Crippen LogP contribution in [0, 0.1) is 0 Å². The van der Waals surface area contributed by atoms with Crippen molar-refractivity contribution >= 4 is 29.1 Å². The van der Waals surface area contributed by atoms with Crippen molar-refractivity contribution in [2.75, 3.05) is 13.2 Å². The minimum atomic E-state index is -0.182. The molecular weight excluding hydrogens is 333 g/mol. The second kappa shape index (κ2) is 8.80. The molecule has 3 nitrogen and oxygen atoms in total. The Morgan fingerprint density at radius 3 is 2.52 bits per heavy atom. The van der Waals surface area contributed by atoms with Gasteiger partial charge in [0.05, 0.1) is 17.2 Å². The zero-order valence-corrected chi connectivity index (χ0v) is 14.5. The third-order valence-electron chi connectivity index (χ3n) is 3.34. The maximum Gasteiger partial charge on any atom is 0.252 e. The summed E-state index contributed by atoms with van der Waals surface area (Å²) in [6.07, 6.45) is 1.74. The normalized spacial score (nSPS) is 10.4. The van der Waals surface area contributed by atoms with Gasteiger partial charge in [-0.2, -0.15) is 0 Å². The molecule has 0 bridgehead atoms. The first-order valence-corrected chi connectivity index (χ1v) is 8.30. The smallest absolute Gasteiger partial charge is 0.252 e. The molecule has 1 amide bonds. The molecule has 122 valence electrons. The van der Waals surface area contributed by atoms with Gasteiger partial charge in [-0.05, 0) is 55.7 Å². The predicted octanol–water partition coefficient (Wildman–Crippen LogP) is 4.75. The van der Waals surface area contributed by atoms with E-state index in [1.54, 1.807) is 18.2 Å². The molecular formula is C18H19Cl2NO2. The van der Waals surface area contributed by atoms with Crippen LogP contribution in [-0.4, -0.2) is 19.1 Å². The number of rotatable bonds is 7. The number of ether oxygens (including phenoxy) is 1. The van der Waals surface area contributed by atoms with Crippen LogP contribution in [0.1, 0.15) is 29.3 Å². The molecule has 0 atom stereocenters. The molecule has 0 aromatic heterocycles. The SMILES string of the molecule is CCOc1ccc(CCCNC(=O)c2ccc(Cl)cc2Cl)cc1. The Kier molecular flexibility index (Phi) is 6.75. The number of benzene rings is 2. The Bertz CT molecular complexity index is 657. The van der Waals surface area contributed by atoms with Gasteiger partial charge in [-0.1, -0.05) is 35.3 Å². The second-order valence-corrected chi connectivity index (χ2v) is 5.90. The van der Waals surface area contributed by atoms with E-state index in [1.165, 1.54) is 5.56 Å². The van der Waals surface area contributed by atoms with Gasteiger partial charge in [0.25, 0.3) is 5.91 Å². The van der Waals surface area contributed by atoms with Crippen molar-refractivity contribution in [3.8, 4) is 5.75 Å². The van der Waals surface area contributed by atoms with Gasteiger partial charge in [0.1, 0.15) is 5.75 Å². The fourth-order valence-electron chi connectivity index (χ4n) is 2.18. The van der Waals surface area contributed by atoms with Crippen LogP contribution in [-0.2, 0) is 6.42 Å². The molecule has 0 aliphatic heterocycles. The van der Waals surface area contributed by atoms with Crippen LogP contribution in [0.4, 0.5) is 0 Å². The average molecular weight is 352 g/mol. The van der Waals surface area contributed by atoms with Crippen LogP contribution in [0.2, 0.25) is 10.0 Å². The predicted molar refractivity (Wildman–Crippen MR) is 94.7 cm³/mol. The zero-order valence-electron chi connectivity index (χ0n) is 12.9. The van der Waals surface area contributed by atoms with Crippen LogP contribution in [0.3, 0.4) is 0 Å². The van der Waals surface area contributed by atoms with E-state index in [2.05, 4.69) is 5.32 Å². The number of carbonyl (C=O) groups is 1. The number of halogens is 2. The van der Waals surface area contributed by atoms with Gasteiger partial charge in [0.15, 0.2) is 0 Å². The van der Waals surface area contributed by atoms with Crippen molar-refractivity contribution in [2.24, 2.45) is 0 Å². The lowest BCUT2D eigenvalue weighted by Gasteiger charge is -2.08. The number of aryl methyl sites for hydroxylation is 1. The number of nitrogens with one attached hydrogen (secondary N) is 1. The maximum atomic E-state index is 12.0. The van der Waals surface area contributed by atoms with Crippen LogP contribution < -0.4 is 10.1 Å². The number of carbonyl (C=O) groups excluding carboxylic acids is 1. The van der Waals surface area contributed by atoms with Gasteiger partial charge in [-0.3, -0.25) is 4.79 Å². The number of hydrogen-bond acceptors (Lipinski definition) is 2. The van der Waals surface area contributed by atoms with Crippen molar-refractivity contribution in [3.63, 3.8) is 0 Å². The zero-order chi connectivity index (χ0) is 16.7. The molecule has 0 aliphatic rings. The van der Waals surface area contributed by atoms with Crippen molar-refractivity contribution in [1.29, 1.82) is 0 Å². The first-order valence-electron chi connectivity index (χ1n) is 7.55. The standard InChI is InChI=1S/C18H19Cl2NO2/c1-2-23-15-8-5-13(6-9-15)4-3-11-21-18(22)16-10-7-14(19)12-17(16)20/h5-10,12H,2-4,11H2,1H3,(H,21,22). The molecule has 2 rings (SSSR count). The summed E-state index contributed by atoms with van der Waals surface area (Å²) in [6, 6.07) is 12.9. The molecule has 0 heterocycles. The highest BCUT2D eigenvalue weighted by Crippen LogP contribution is 2.20. The molecule has 5 heteroatoms. The molecule has 0 fully saturated rings. The fourth-order valence-corrected chi connectivity index (χ4v) is 2.68. The summed E-state index contributed by atoms with van der Waals surface area (Å²) in [7, 11) is 0. The Balaban J connectivity index is 1.77. The molecule has 0 spiro atoms. The van der Waals surface area contributed by atoms with Crippen molar-refractivity contribution in [1.82, 2.24) is 5.32 Å². The van der Waals surface area contributed by atoms with Gasteiger partial charge < -0.3 is 10.1 Å². The summed E-state index contributed by atoms with van der Waals surface area (Å²) >= 11 is 11.8. The second-order valence-electron chi connectivity index (χ2n) is 5.06. The van der Waals surface area contributed by atoms with Crippen LogP contribution in [0.25, 0.3) is 0 Å². The fraction of sp³-hybridized carbons (Fsp3) is 0.278. The molecule has 1 N–H and O–H groups in total. The largest absolute Gasteiger partial charge is 0.494 e. The van der Waals surface area contributed by atoms with Crippen LogP contribution in [0.15, 0.2) is 42.5 Å². The minimum absolute atomic E-state index is 0.182. The highest BCUT2D eigenvalue weighted by atomic mass is 35.5. The third kappa shape index (κ3) is 5.45. The van der Waals surface area contributed by atoms with E-state index in [-0.39, 0.29) is 5.91 Å². The monoisotopic (exact) mass is 351 g/mol. The summed E-state index contributed by atoms with van der Waals surface area (Å²) in [4.78, 5) is 12.0. The van der Waals surface area contributed by atoms with Gasteiger partial charge >= 0.3 is 0 Å². The van der Waals surface area contributed by atoms with Crippen molar-refractivity contribution in [2.45, 2.75) is 19.8 Å². The molecule has 0 aliphatic carbocycles. The van der Waals surface area contributed by atoms with Crippen LogP contribution in [0.5, 0.6) is 5.75 Å². The van der Waals surface area contributed by atoms with E-state index in [1.807, 2.05) is 31.2 Å². The Morgan fingerprint density at radius 1 is 1.13 bits per heavy atom. The van der Waals surface area contributed by atoms with E-state index in [0.29, 0.717) is 28.8 Å². The summed E-state index contributed by atoms with van der Waals surface area (Å²) in [5.41, 5.74) is 1.66. The lowest BCUT2D eigenvalue weighted by molar-refractivity contribution is 0.0953. The number of hydrogen-bond donors (Lipinski definition) is 1. The summed E-state index contributed by atoms with van der Waals surface area (Å²) in [5, 5.41) is 3.75. The molecule has 23 heavy (non-hydrogen) atoms. The maximum absolute atomic E-state index is 12.0.